The molecule has 4 nitrogen and oxygen atoms in total. The second kappa shape index (κ2) is 7.71. The summed E-state index contributed by atoms with van der Waals surface area (Å²) in [5, 5.41) is 0. The Hall–Kier alpha value is -2.37. The summed E-state index contributed by atoms with van der Waals surface area (Å²) in [7, 11) is 0. The lowest BCUT2D eigenvalue weighted by molar-refractivity contribution is -0.110. The number of nitrogens with zero attached hydrogens (tertiary/aromatic N) is 3. The van der Waals surface area contributed by atoms with E-state index in [1.54, 1.807) is 23.9 Å². The fourth-order valence-electron chi connectivity index (χ4n) is 3.51. The Morgan fingerprint density at radius 1 is 1.11 bits per heavy atom. The molecular formula is C22H23N3OS. The molecule has 1 aliphatic carbocycles. The van der Waals surface area contributed by atoms with E-state index in [2.05, 4.69) is 34.6 Å². The van der Waals surface area contributed by atoms with Gasteiger partial charge < -0.3 is 4.90 Å². The van der Waals surface area contributed by atoms with Gasteiger partial charge >= 0.3 is 0 Å². The largest absolute Gasteiger partial charge is 0.354 e. The van der Waals surface area contributed by atoms with E-state index in [-0.39, 0.29) is 5.78 Å². The molecule has 0 amide bonds. The normalized spacial score (nSPS) is 21.5. The molecule has 1 aromatic carbocycles. The van der Waals surface area contributed by atoms with Gasteiger partial charge in [0.05, 0.1) is 0 Å². The number of hydrogen-bond donors (Lipinski definition) is 0. The highest BCUT2D eigenvalue weighted by Crippen LogP contribution is 2.43. The molecule has 0 aromatic heterocycles. The lowest BCUT2D eigenvalue weighted by atomic mass is 9.95. The van der Waals surface area contributed by atoms with Gasteiger partial charge in [0.15, 0.2) is 5.78 Å². The van der Waals surface area contributed by atoms with E-state index in [9.17, 15) is 4.79 Å². The number of piperazine rings is 1. The molecule has 0 saturated carbocycles. The quantitative estimate of drug-likeness (QED) is 0.754. The number of carbonyl (C=O) groups excluding carboxylic acids is 1. The van der Waals surface area contributed by atoms with Crippen LogP contribution in [0.2, 0.25) is 0 Å². The van der Waals surface area contributed by atoms with Crippen molar-refractivity contribution in [2.45, 2.75) is 10.4 Å². The van der Waals surface area contributed by atoms with Crippen LogP contribution in [0, 0.1) is 0 Å². The average molecular weight is 378 g/mol. The zero-order chi connectivity index (χ0) is 18.7. The maximum absolute atomic E-state index is 11.7. The van der Waals surface area contributed by atoms with Crippen molar-refractivity contribution in [1.29, 1.82) is 0 Å². The summed E-state index contributed by atoms with van der Waals surface area (Å²) in [4.78, 5) is 23.8. The third-order valence-electron chi connectivity index (χ3n) is 5.01. The molecule has 1 saturated heterocycles. The Bertz CT molecular complexity index is 830. The zero-order valence-corrected chi connectivity index (χ0v) is 16.1. The van der Waals surface area contributed by atoms with Crippen LogP contribution in [-0.4, -0.2) is 59.7 Å². The van der Waals surface area contributed by atoms with Crippen molar-refractivity contribution in [1.82, 2.24) is 9.80 Å². The SMILES string of the molecule is C=CCN1CCN(C2=NC3(C=CC(=O)C=C3)C(Sc3ccccc3)=C2)CC1. The van der Waals surface area contributed by atoms with Crippen molar-refractivity contribution in [3.8, 4) is 0 Å². The molecule has 27 heavy (non-hydrogen) atoms. The van der Waals surface area contributed by atoms with Gasteiger partial charge in [-0.2, -0.15) is 0 Å². The number of rotatable bonds is 4. The topological polar surface area (TPSA) is 35.9 Å². The van der Waals surface area contributed by atoms with Crippen LogP contribution in [-0.2, 0) is 4.79 Å². The fourth-order valence-corrected chi connectivity index (χ4v) is 4.57. The number of allylic oxidation sites excluding steroid dienone is 2. The summed E-state index contributed by atoms with van der Waals surface area (Å²) in [5.74, 6) is 1.03. The number of carbonyl (C=O) groups is 1. The molecule has 2 heterocycles. The highest BCUT2D eigenvalue weighted by atomic mass is 32.2. The van der Waals surface area contributed by atoms with Crippen LogP contribution >= 0.6 is 11.8 Å². The fraction of sp³-hybridized carbons (Fsp3) is 0.273. The Morgan fingerprint density at radius 3 is 2.48 bits per heavy atom. The van der Waals surface area contributed by atoms with E-state index in [1.807, 2.05) is 36.4 Å². The lowest BCUT2D eigenvalue weighted by Crippen LogP contribution is -2.48. The number of aliphatic imine (C=N–C) groups is 1. The molecular weight excluding hydrogens is 354 g/mol. The maximum atomic E-state index is 11.7. The summed E-state index contributed by atoms with van der Waals surface area (Å²) in [6.45, 7) is 8.69. The third-order valence-corrected chi connectivity index (χ3v) is 6.19. The molecule has 1 aromatic rings. The number of thioether (sulfide) groups is 1. The Morgan fingerprint density at radius 2 is 1.81 bits per heavy atom. The van der Waals surface area contributed by atoms with Crippen molar-refractivity contribution in [2.24, 2.45) is 4.99 Å². The molecule has 138 valence electrons. The molecule has 0 atom stereocenters. The molecule has 2 aliphatic heterocycles. The van der Waals surface area contributed by atoms with Gasteiger partial charge in [0, 0.05) is 42.5 Å². The predicted octanol–water partition coefficient (Wildman–Crippen LogP) is 3.31. The van der Waals surface area contributed by atoms with E-state index in [1.165, 1.54) is 4.90 Å². The van der Waals surface area contributed by atoms with Gasteiger partial charge in [-0.25, -0.2) is 4.99 Å². The van der Waals surface area contributed by atoms with Crippen LogP contribution in [0.1, 0.15) is 0 Å². The minimum Gasteiger partial charge on any atom is -0.354 e. The van der Waals surface area contributed by atoms with E-state index in [0.29, 0.717) is 0 Å². The van der Waals surface area contributed by atoms with Gasteiger partial charge in [-0.3, -0.25) is 9.69 Å². The standard InChI is InChI=1S/C22H23N3OS/c1-2-12-24-13-15-25(16-14-24)21-17-20(27-19-6-4-3-5-7-19)22(23-21)10-8-18(26)9-11-22/h2-11,17H,1,12-16H2. The first-order valence-electron chi connectivity index (χ1n) is 9.24. The second-order valence-corrected chi connectivity index (χ2v) is 7.98. The molecule has 5 heteroatoms. The molecule has 3 aliphatic rings. The van der Waals surface area contributed by atoms with Crippen LogP contribution in [0.5, 0.6) is 0 Å². The van der Waals surface area contributed by atoms with Gasteiger partial charge in [-0.05, 0) is 42.5 Å². The first-order chi connectivity index (χ1) is 13.2. The van der Waals surface area contributed by atoms with Crippen molar-refractivity contribution in [3.05, 3.63) is 78.3 Å². The van der Waals surface area contributed by atoms with Crippen molar-refractivity contribution in [2.75, 3.05) is 32.7 Å². The minimum absolute atomic E-state index is 0.0198. The highest BCUT2D eigenvalue weighted by Gasteiger charge is 2.37. The summed E-state index contributed by atoms with van der Waals surface area (Å²) >= 11 is 1.72. The number of ketones is 1. The molecule has 1 spiro atoms. The van der Waals surface area contributed by atoms with E-state index in [4.69, 9.17) is 4.99 Å². The summed E-state index contributed by atoms with van der Waals surface area (Å²) in [5.41, 5.74) is -0.554. The molecule has 0 bridgehead atoms. The summed E-state index contributed by atoms with van der Waals surface area (Å²) in [6, 6.07) is 10.3. The van der Waals surface area contributed by atoms with Crippen LogP contribution in [0.25, 0.3) is 0 Å². The third kappa shape index (κ3) is 3.84. The number of amidine groups is 1. The van der Waals surface area contributed by atoms with Crippen LogP contribution in [0.15, 0.2) is 88.2 Å². The highest BCUT2D eigenvalue weighted by molar-refractivity contribution is 8.03. The van der Waals surface area contributed by atoms with Gasteiger partial charge in [-0.15, -0.1) is 6.58 Å². The van der Waals surface area contributed by atoms with Crippen molar-refractivity contribution in [3.63, 3.8) is 0 Å². The second-order valence-electron chi connectivity index (χ2n) is 6.86. The predicted molar refractivity (Wildman–Crippen MR) is 112 cm³/mol. The number of benzene rings is 1. The number of hydrogen-bond acceptors (Lipinski definition) is 5. The van der Waals surface area contributed by atoms with Gasteiger partial charge in [0.1, 0.15) is 11.4 Å². The van der Waals surface area contributed by atoms with Crippen LogP contribution in [0.4, 0.5) is 0 Å². The van der Waals surface area contributed by atoms with Crippen LogP contribution < -0.4 is 0 Å². The monoisotopic (exact) mass is 377 g/mol. The van der Waals surface area contributed by atoms with E-state index >= 15 is 0 Å². The molecule has 0 radical (unpaired) electrons. The van der Waals surface area contributed by atoms with E-state index < -0.39 is 5.54 Å². The van der Waals surface area contributed by atoms with E-state index in [0.717, 1.165) is 43.5 Å². The first-order valence-corrected chi connectivity index (χ1v) is 10.1. The summed E-state index contributed by atoms with van der Waals surface area (Å²) < 4.78 is 0. The average Bonchev–Trinajstić information content (AvgIpc) is 3.04. The minimum atomic E-state index is -0.554. The lowest BCUT2D eigenvalue weighted by Gasteiger charge is -2.35. The summed E-state index contributed by atoms with van der Waals surface area (Å²) in [6.07, 6.45) is 11.3. The maximum Gasteiger partial charge on any atom is 0.178 e. The smallest absolute Gasteiger partial charge is 0.178 e. The Balaban J connectivity index is 1.58. The van der Waals surface area contributed by atoms with Gasteiger partial charge in [-0.1, -0.05) is 36.0 Å². The molecule has 1 fully saturated rings. The van der Waals surface area contributed by atoms with Crippen LogP contribution in [0.3, 0.4) is 0 Å². The molecule has 4 rings (SSSR count). The molecule has 0 unspecified atom stereocenters. The Kier molecular flexibility index (Phi) is 5.14. The zero-order valence-electron chi connectivity index (χ0n) is 15.3. The van der Waals surface area contributed by atoms with Gasteiger partial charge in [0.25, 0.3) is 0 Å². The Labute approximate surface area is 164 Å². The van der Waals surface area contributed by atoms with Crippen molar-refractivity contribution >= 4 is 23.4 Å². The molecule has 0 N–H and O–H groups in total. The van der Waals surface area contributed by atoms with Crippen molar-refractivity contribution < 1.29 is 4.79 Å². The first kappa shape index (κ1) is 18.0. The van der Waals surface area contributed by atoms with Gasteiger partial charge in [0.2, 0.25) is 0 Å².